The van der Waals surface area contributed by atoms with Gasteiger partial charge in [-0.3, -0.25) is 0 Å². The van der Waals surface area contributed by atoms with Crippen molar-refractivity contribution >= 4 is 0 Å². The molecule has 1 aliphatic heterocycles. The minimum atomic E-state index is 0.615. The molecular formula is C14H12O2. The summed E-state index contributed by atoms with van der Waals surface area (Å²) in [4.78, 5) is 0. The fourth-order valence-corrected chi connectivity index (χ4v) is 2.13. The monoisotopic (exact) mass is 212 g/mol. The number of hydrogen-bond acceptors (Lipinski definition) is 2. The van der Waals surface area contributed by atoms with Crippen LogP contribution in [0, 0.1) is 0 Å². The first-order valence-electron chi connectivity index (χ1n) is 5.28. The molecule has 0 atom stereocenters. The van der Waals surface area contributed by atoms with Gasteiger partial charge in [0.1, 0.15) is 18.1 Å². The molecule has 1 heterocycles. The van der Waals surface area contributed by atoms with E-state index in [1.807, 2.05) is 30.3 Å². The molecular weight excluding hydrogens is 200 g/mol. The van der Waals surface area contributed by atoms with Crippen LogP contribution in [-0.2, 0) is 6.61 Å². The first-order valence-corrected chi connectivity index (χ1v) is 5.28. The van der Waals surface area contributed by atoms with Crippen LogP contribution in [0.5, 0.6) is 11.5 Å². The zero-order chi connectivity index (χ0) is 11.0. The Bertz CT molecular complexity index is 518. The fourth-order valence-electron chi connectivity index (χ4n) is 2.13. The third-order valence-corrected chi connectivity index (χ3v) is 2.87. The molecule has 0 unspecified atom stereocenters. The lowest BCUT2D eigenvalue weighted by atomic mass is 9.96. The summed E-state index contributed by atoms with van der Waals surface area (Å²) < 4.78 is 11.1. The van der Waals surface area contributed by atoms with Gasteiger partial charge in [-0.1, -0.05) is 30.3 Å². The lowest BCUT2D eigenvalue weighted by Gasteiger charge is -2.22. The zero-order valence-electron chi connectivity index (χ0n) is 9.07. The van der Waals surface area contributed by atoms with E-state index in [1.165, 1.54) is 5.56 Å². The predicted molar refractivity (Wildman–Crippen MR) is 62.8 cm³/mol. The summed E-state index contributed by atoms with van der Waals surface area (Å²) in [5.74, 6) is 1.84. The van der Waals surface area contributed by atoms with Crippen molar-refractivity contribution in [2.75, 3.05) is 7.11 Å². The van der Waals surface area contributed by atoms with Crippen LogP contribution >= 0.6 is 0 Å². The maximum Gasteiger partial charge on any atom is 0.127 e. The summed E-state index contributed by atoms with van der Waals surface area (Å²) >= 11 is 0. The molecule has 2 heteroatoms. The van der Waals surface area contributed by atoms with Crippen LogP contribution in [-0.4, -0.2) is 7.11 Å². The van der Waals surface area contributed by atoms with E-state index in [2.05, 4.69) is 12.1 Å². The lowest BCUT2D eigenvalue weighted by molar-refractivity contribution is 0.300. The van der Waals surface area contributed by atoms with Crippen LogP contribution in [0.2, 0.25) is 0 Å². The van der Waals surface area contributed by atoms with Gasteiger partial charge in [-0.2, -0.15) is 0 Å². The highest BCUT2D eigenvalue weighted by Gasteiger charge is 2.19. The second kappa shape index (κ2) is 3.56. The van der Waals surface area contributed by atoms with E-state index >= 15 is 0 Å². The molecule has 80 valence electrons. The smallest absolute Gasteiger partial charge is 0.127 e. The first kappa shape index (κ1) is 9.28. The number of hydrogen-bond donors (Lipinski definition) is 0. The third kappa shape index (κ3) is 1.27. The van der Waals surface area contributed by atoms with Gasteiger partial charge in [-0.15, -0.1) is 0 Å². The van der Waals surface area contributed by atoms with Crippen LogP contribution < -0.4 is 9.47 Å². The molecule has 0 N–H and O–H groups in total. The Kier molecular flexibility index (Phi) is 2.07. The molecule has 0 bridgehead atoms. The Hall–Kier alpha value is -1.96. The van der Waals surface area contributed by atoms with E-state index in [9.17, 15) is 0 Å². The normalized spacial score (nSPS) is 12.3. The molecule has 0 aliphatic carbocycles. The predicted octanol–water partition coefficient (Wildman–Crippen LogP) is 3.25. The van der Waals surface area contributed by atoms with E-state index in [4.69, 9.17) is 9.47 Å². The zero-order valence-corrected chi connectivity index (χ0v) is 9.07. The Morgan fingerprint density at radius 1 is 1.06 bits per heavy atom. The van der Waals surface area contributed by atoms with Crippen LogP contribution in [0.15, 0.2) is 42.5 Å². The SMILES string of the molecule is COc1cccc2c1-c1ccccc1OC2. The summed E-state index contributed by atoms with van der Waals surface area (Å²) in [6, 6.07) is 14.1. The number of rotatable bonds is 1. The van der Waals surface area contributed by atoms with Crippen LogP contribution in [0.25, 0.3) is 11.1 Å². The molecule has 2 aromatic carbocycles. The summed E-state index contributed by atoms with van der Waals surface area (Å²) in [5.41, 5.74) is 3.45. The topological polar surface area (TPSA) is 18.5 Å². The number of ether oxygens (including phenoxy) is 2. The van der Waals surface area contributed by atoms with E-state index in [0.29, 0.717) is 6.61 Å². The van der Waals surface area contributed by atoms with Crippen LogP contribution in [0.4, 0.5) is 0 Å². The Labute approximate surface area is 94.4 Å². The Morgan fingerprint density at radius 2 is 1.94 bits per heavy atom. The van der Waals surface area contributed by atoms with E-state index in [0.717, 1.165) is 22.6 Å². The molecule has 2 aromatic rings. The molecule has 0 amide bonds. The standard InChI is InChI=1S/C14H12O2/c1-15-13-8-4-5-10-9-16-12-7-3-2-6-11(12)14(10)13/h2-8H,9H2,1H3. The molecule has 2 nitrogen and oxygen atoms in total. The average Bonchev–Trinajstić information content (AvgIpc) is 2.37. The number of benzene rings is 2. The second-order valence-corrected chi connectivity index (χ2v) is 3.78. The quantitative estimate of drug-likeness (QED) is 0.722. The van der Waals surface area contributed by atoms with Crippen LogP contribution in [0.1, 0.15) is 5.56 Å². The second-order valence-electron chi connectivity index (χ2n) is 3.78. The number of fused-ring (bicyclic) bond motifs is 3. The number of para-hydroxylation sites is 1. The molecule has 3 rings (SSSR count). The minimum absolute atomic E-state index is 0.615. The van der Waals surface area contributed by atoms with Crippen molar-refractivity contribution in [3.63, 3.8) is 0 Å². The molecule has 0 saturated heterocycles. The Balaban J connectivity index is 2.30. The molecule has 0 aromatic heterocycles. The fraction of sp³-hybridized carbons (Fsp3) is 0.143. The van der Waals surface area contributed by atoms with Gasteiger partial charge in [-0.05, 0) is 12.1 Å². The summed E-state index contributed by atoms with van der Waals surface area (Å²) in [6.45, 7) is 0.615. The first-order chi connectivity index (χ1) is 7.90. The average molecular weight is 212 g/mol. The van der Waals surface area contributed by atoms with Crippen molar-refractivity contribution in [2.45, 2.75) is 6.61 Å². The third-order valence-electron chi connectivity index (χ3n) is 2.87. The van der Waals surface area contributed by atoms with Gasteiger partial charge in [0.2, 0.25) is 0 Å². The highest BCUT2D eigenvalue weighted by molar-refractivity contribution is 5.80. The summed E-state index contributed by atoms with van der Waals surface area (Å²) in [6.07, 6.45) is 0. The van der Waals surface area contributed by atoms with Gasteiger partial charge in [0.25, 0.3) is 0 Å². The van der Waals surface area contributed by atoms with Crippen molar-refractivity contribution in [1.29, 1.82) is 0 Å². The minimum Gasteiger partial charge on any atom is -0.496 e. The summed E-state index contributed by atoms with van der Waals surface area (Å²) in [5, 5.41) is 0. The van der Waals surface area contributed by atoms with Crippen molar-refractivity contribution in [1.82, 2.24) is 0 Å². The van der Waals surface area contributed by atoms with Gasteiger partial charge >= 0.3 is 0 Å². The maximum absolute atomic E-state index is 5.69. The van der Waals surface area contributed by atoms with Crippen molar-refractivity contribution in [3.8, 4) is 22.6 Å². The highest BCUT2D eigenvalue weighted by Crippen LogP contribution is 2.42. The molecule has 1 aliphatic rings. The van der Waals surface area contributed by atoms with Crippen molar-refractivity contribution < 1.29 is 9.47 Å². The van der Waals surface area contributed by atoms with Gasteiger partial charge in [0.05, 0.1) is 7.11 Å². The van der Waals surface area contributed by atoms with E-state index in [1.54, 1.807) is 7.11 Å². The summed E-state index contributed by atoms with van der Waals surface area (Å²) in [7, 11) is 1.70. The largest absolute Gasteiger partial charge is 0.496 e. The molecule has 16 heavy (non-hydrogen) atoms. The maximum atomic E-state index is 5.69. The van der Waals surface area contributed by atoms with E-state index in [-0.39, 0.29) is 0 Å². The number of methoxy groups -OCH3 is 1. The van der Waals surface area contributed by atoms with Gasteiger partial charge < -0.3 is 9.47 Å². The Morgan fingerprint density at radius 3 is 2.81 bits per heavy atom. The van der Waals surface area contributed by atoms with Crippen LogP contribution in [0.3, 0.4) is 0 Å². The molecule has 0 spiro atoms. The highest BCUT2D eigenvalue weighted by atomic mass is 16.5. The molecule has 0 radical (unpaired) electrons. The molecule has 0 fully saturated rings. The molecule has 0 saturated carbocycles. The van der Waals surface area contributed by atoms with Gasteiger partial charge in [-0.25, -0.2) is 0 Å². The van der Waals surface area contributed by atoms with Gasteiger partial charge in [0.15, 0.2) is 0 Å². The van der Waals surface area contributed by atoms with Gasteiger partial charge in [0, 0.05) is 16.7 Å². The van der Waals surface area contributed by atoms with Crippen molar-refractivity contribution in [3.05, 3.63) is 48.0 Å². The van der Waals surface area contributed by atoms with Crippen molar-refractivity contribution in [2.24, 2.45) is 0 Å². The lowest BCUT2D eigenvalue weighted by Crippen LogP contribution is -2.06. The van der Waals surface area contributed by atoms with E-state index < -0.39 is 0 Å².